The maximum absolute atomic E-state index is 6.11. The molecule has 2 aromatic carbocycles. The van der Waals surface area contributed by atoms with Crippen LogP contribution in [0, 0.1) is 5.41 Å². The molecule has 0 bridgehead atoms. The Bertz CT molecular complexity index is 576. The number of halogens is 1. The third-order valence-corrected chi connectivity index (χ3v) is 5.61. The van der Waals surface area contributed by atoms with Gasteiger partial charge in [0.1, 0.15) is 11.9 Å². The second kappa shape index (κ2) is 4.27. The van der Waals surface area contributed by atoms with E-state index in [1.54, 1.807) is 0 Å². The summed E-state index contributed by atoms with van der Waals surface area (Å²) >= 11 is 3.70. The van der Waals surface area contributed by atoms with Crippen molar-refractivity contribution in [1.82, 2.24) is 0 Å². The Morgan fingerprint density at radius 2 is 1.83 bits per heavy atom. The van der Waals surface area contributed by atoms with Crippen molar-refractivity contribution in [3.05, 3.63) is 42.5 Å². The van der Waals surface area contributed by atoms with Crippen LogP contribution >= 0.6 is 15.9 Å². The zero-order valence-electron chi connectivity index (χ0n) is 10.7. The number of hydrogen-bond donors (Lipinski definition) is 0. The molecule has 2 heteroatoms. The van der Waals surface area contributed by atoms with Crippen molar-refractivity contribution in [2.45, 2.75) is 31.2 Å². The summed E-state index contributed by atoms with van der Waals surface area (Å²) in [7, 11) is 0. The maximum atomic E-state index is 6.11. The van der Waals surface area contributed by atoms with E-state index in [0.29, 0.717) is 10.9 Å². The van der Waals surface area contributed by atoms with Crippen molar-refractivity contribution in [1.29, 1.82) is 0 Å². The summed E-state index contributed by atoms with van der Waals surface area (Å²) in [5.74, 6) is 0.978. The van der Waals surface area contributed by atoms with Crippen molar-refractivity contribution >= 4 is 26.7 Å². The van der Waals surface area contributed by atoms with Crippen LogP contribution in [-0.4, -0.2) is 10.9 Å². The molecular weight excluding hydrogens is 288 g/mol. The van der Waals surface area contributed by atoms with E-state index in [0.717, 1.165) is 12.2 Å². The molecule has 2 unspecified atom stereocenters. The average Bonchev–Trinajstić information content (AvgIpc) is 2.38. The Morgan fingerprint density at radius 3 is 2.50 bits per heavy atom. The molecule has 94 valence electrons. The third-order valence-electron chi connectivity index (χ3n) is 4.06. The summed E-state index contributed by atoms with van der Waals surface area (Å²) in [5, 5.41) is 2.50. The first-order valence-corrected chi connectivity index (χ1v) is 7.28. The van der Waals surface area contributed by atoms with E-state index < -0.39 is 0 Å². The van der Waals surface area contributed by atoms with Gasteiger partial charge in [-0.1, -0.05) is 60.1 Å². The number of ether oxygens (including phenoxy) is 1. The Morgan fingerprint density at radius 1 is 1.11 bits per heavy atom. The van der Waals surface area contributed by atoms with Gasteiger partial charge >= 0.3 is 0 Å². The van der Waals surface area contributed by atoms with E-state index in [9.17, 15) is 0 Å². The summed E-state index contributed by atoms with van der Waals surface area (Å²) in [6.45, 7) is 4.50. The molecule has 0 aliphatic heterocycles. The molecule has 1 fully saturated rings. The molecule has 1 aliphatic rings. The largest absolute Gasteiger partial charge is 0.490 e. The van der Waals surface area contributed by atoms with Gasteiger partial charge in [0.2, 0.25) is 0 Å². The minimum Gasteiger partial charge on any atom is -0.490 e. The molecular formula is C16H17BrO. The molecule has 2 aromatic rings. The highest BCUT2D eigenvalue weighted by molar-refractivity contribution is 9.09. The summed E-state index contributed by atoms with van der Waals surface area (Å²) in [6, 6.07) is 14.7. The van der Waals surface area contributed by atoms with Gasteiger partial charge in [-0.3, -0.25) is 0 Å². The fourth-order valence-corrected chi connectivity index (χ4v) is 3.08. The highest BCUT2D eigenvalue weighted by atomic mass is 79.9. The molecule has 1 nitrogen and oxygen atoms in total. The standard InChI is InChI=1S/C16H17BrO/c1-16(2)14(17)10-15(16)18-13-8-7-11-5-3-4-6-12(11)9-13/h3-9,14-15H,10H2,1-2H3. The predicted molar refractivity (Wildman–Crippen MR) is 79.5 cm³/mol. The molecule has 0 radical (unpaired) electrons. The smallest absolute Gasteiger partial charge is 0.120 e. The highest BCUT2D eigenvalue weighted by Crippen LogP contribution is 2.47. The highest BCUT2D eigenvalue weighted by Gasteiger charge is 2.48. The molecule has 1 saturated carbocycles. The topological polar surface area (TPSA) is 9.23 Å². The van der Waals surface area contributed by atoms with E-state index in [1.807, 2.05) is 0 Å². The van der Waals surface area contributed by atoms with E-state index >= 15 is 0 Å². The Kier molecular flexibility index (Phi) is 2.86. The van der Waals surface area contributed by atoms with Gasteiger partial charge in [0.05, 0.1) is 0 Å². The predicted octanol–water partition coefficient (Wildman–Crippen LogP) is 4.78. The quantitative estimate of drug-likeness (QED) is 0.726. The molecule has 2 atom stereocenters. The molecule has 0 N–H and O–H groups in total. The Labute approximate surface area is 116 Å². The van der Waals surface area contributed by atoms with Crippen LogP contribution < -0.4 is 4.74 Å². The minimum absolute atomic E-state index is 0.214. The van der Waals surface area contributed by atoms with Gasteiger partial charge in [0.25, 0.3) is 0 Å². The summed E-state index contributed by atoms with van der Waals surface area (Å²) in [4.78, 5) is 0.565. The van der Waals surface area contributed by atoms with Gasteiger partial charge in [-0.2, -0.15) is 0 Å². The minimum atomic E-state index is 0.214. The van der Waals surface area contributed by atoms with Gasteiger partial charge in [-0.05, 0) is 29.3 Å². The first-order chi connectivity index (χ1) is 8.57. The Balaban J connectivity index is 1.83. The van der Waals surface area contributed by atoms with Gasteiger partial charge in [0, 0.05) is 10.2 Å². The average molecular weight is 305 g/mol. The molecule has 0 spiro atoms. The van der Waals surface area contributed by atoms with Crippen LogP contribution in [0.5, 0.6) is 5.75 Å². The molecule has 0 heterocycles. The van der Waals surface area contributed by atoms with Crippen LogP contribution in [0.1, 0.15) is 20.3 Å². The number of rotatable bonds is 2. The van der Waals surface area contributed by atoms with E-state index in [-0.39, 0.29) is 5.41 Å². The van der Waals surface area contributed by atoms with E-state index in [4.69, 9.17) is 4.74 Å². The third kappa shape index (κ3) is 1.93. The normalized spacial score (nSPS) is 25.7. The van der Waals surface area contributed by atoms with Crippen molar-refractivity contribution in [2.75, 3.05) is 0 Å². The first kappa shape index (κ1) is 12.0. The second-order valence-electron chi connectivity index (χ2n) is 5.64. The van der Waals surface area contributed by atoms with Gasteiger partial charge in [-0.25, -0.2) is 0 Å². The van der Waals surface area contributed by atoms with Crippen LogP contribution in [0.4, 0.5) is 0 Å². The number of fused-ring (bicyclic) bond motifs is 1. The molecule has 18 heavy (non-hydrogen) atoms. The van der Waals surface area contributed by atoms with Gasteiger partial charge in [-0.15, -0.1) is 0 Å². The van der Waals surface area contributed by atoms with Crippen molar-refractivity contribution < 1.29 is 4.74 Å². The number of hydrogen-bond acceptors (Lipinski definition) is 1. The summed E-state index contributed by atoms with van der Waals surface area (Å²) in [5.41, 5.74) is 0.214. The van der Waals surface area contributed by atoms with Crippen LogP contribution in [0.2, 0.25) is 0 Å². The lowest BCUT2D eigenvalue weighted by Crippen LogP contribution is -2.53. The lowest BCUT2D eigenvalue weighted by atomic mass is 9.69. The van der Waals surface area contributed by atoms with Crippen molar-refractivity contribution in [2.24, 2.45) is 5.41 Å². The van der Waals surface area contributed by atoms with E-state index in [1.165, 1.54) is 10.8 Å². The van der Waals surface area contributed by atoms with Crippen molar-refractivity contribution in [3.63, 3.8) is 0 Å². The number of alkyl halides is 1. The molecule has 0 amide bonds. The van der Waals surface area contributed by atoms with Gasteiger partial charge in [0.15, 0.2) is 0 Å². The maximum Gasteiger partial charge on any atom is 0.120 e. The Hall–Kier alpha value is -1.02. The van der Waals surface area contributed by atoms with Crippen LogP contribution in [-0.2, 0) is 0 Å². The molecule has 3 rings (SSSR count). The summed E-state index contributed by atoms with van der Waals surface area (Å²) < 4.78 is 6.11. The number of benzene rings is 2. The molecule has 1 aliphatic carbocycles. The van der Waals surface area contributed by atoms with Crippen molar-refractivity contribution in [3.8, 4) is 5.75 Å². The lowest BCUT2D eigenvalue weighted by molar-refractivity contribution is -0.00770. The SMILES string of the molecule is CC1(C)C(Br)CC1Oc1ccc2ccccc2c1. The first-order valence-electron chi connectivity index (χ1n) is 6.37. The monoisotopic (exact) mass is 304 g/mol. The zero-order valence-corrected chi connectivity index (χ0v) is 12.3. The second-order valence-corrected chi connectivity index (χ2v) is 6.75. The zero-order chi connectivity index (χ0) is 12.8. The fourth-order valence-electron chi connectivity index (χ4n) is 2.44. The van der Waals surface area contributed by atoms with E-state index in [2.05, 4.69) is 72.2 Å². The summed E-state index contributed by atoms with van der Waals surface area (Å²) in [6.07, 6.45) is 1.39. The van der Waals surface area contributed by atoms with Crippen LogP contribution in [0.3, 0.4) is 0 Å². The fraction of sp³-hybridized carbons (Fsp3) is 0.375. The van der Waals surface area contributed by atoms with Gasteiger partial charge < -0.3 is 4.74 Å². The lowest BCUT2D eigenvalue weighted by Gasteiger charge is -2.48. The molecule has 0 saturated heterocycles. The van der Waals surface area contributed by atoms with Crippen LogP contribution in [0.25, 0.3) is 10.8 Å². The van der Waals surface area contributed by atoms with Crippen LogP contribution in [0.15, 0.2) is 42.5 Å². The molecule has 0 aromatic heterocycles.